The SMILES string of the molecule is C=CC1C2COCC1C2. The van der Waals surface area contributed by atoms with Gasteiger partial charge in [-0.15, -0.1) is 6.58 Å². The highest BCUT2D eigenvalue weighted by atomic mass is 16.5. The fourth-order valence-electron chi connectivity index (χ4n) is 2.01. The first-order valence-electron chi connectivity index (χ1n) is 3.62. The minimum Gasteiger partial charge on any atom is -0.381 e. The molecular weight excluding hydrogens is 112 g/mol. The lowest BCUT2D eigenvalue weighted by molar-refractivity contribution is -0.0943. The molecule has 2 saturated heterocycles. The van der Waals surface area contributed by atoms with Crippen LogP contribution in [0.2, 0.25) is 0 Å². The molecular formula is C8H12O. The highest BCUT2D eigenvalue weighted by Gasteiger charge is 2.42. The number of hydrogen-bond acceptors (Lipinski definition) is 1. The zero-order chi connectivity index (χ0) is 6.27. The van der Waals surface area contributed by atoms with Crippen LogP contribution in [-0.2, 0) is 4.74 Å². The normalized spacial score (nSPS) is 47.8. The van der Waals surface area contributed by atoms with Crippen LogP contribution in [0.4, 0.5) is 0 Å². The maximum atomic E-state index is 5.32. The van der Waals surface area contributed by atoms with Crippen molar-refractivity contribution in [3.8, 4) is 0 Å². The van der Waals surface area contributed by atoms with Crippen LogP contribution in [0, 0.1) is 17.8 Å². The topological polar surface area (TPSA) is 9.23 Å². The summed E-state index contributed by atoms with van der Waals surface area (Å²) in [4.78, 5) is 0. The Balaban J connectivity index is 2.04. The van der Waals surface area contributed by atoms with Crippen molar-refractivity contribution in [3.05, 3.63) is 12.7 Å². The van der Waals surface area contributed by atoms with Crippen molar-refractivity contribution in [2.45, 2.75) is 6.42 Å². The summed E-state index contributed by atoms with van der Waals surface area (Å²) in [6.45, 7) is 5.77. The number of ether oxygens (including phenoxy) is 1. The lowest BCUT2D eigenvalue weighted by Gasteiger charge is -2.47. The molecule has 3 rings (SSSR count). The third kappa shape index (κ3) is 0.645. The summed E-state index contributed by atoms with van der Waals surface area (Å²) in [5.74, 6) is 2.43. The highest BCUT2D eigenvalue weighted by molar-refractivity contribution is 5.00. The summed E-state index contributed by atoms with van der Waals surface area (Å²) in [5.41, 5.74) is 0. The number of hydrogen-bond donors (Lipinski definition) is 0. The largest absolute Gasteiger partial charge is 0.381 e. The van der Waals surface area contributed by atoms with Gasteiger partial charge in [0.25, 0.3) is 0 Å². The van der Waals surface area contributed by atoms with Crippen LogP contribution >= 0.6 is 0 Å². The lowest BCUT2D eigenvalue weighted by Crippen LogP contribution is -2.45. The molecule has 2 atom stereocenters. The summed E-state index contributed by atoms with van der Waals surface area (Å²) in [6.07, 6.45) is 3.48. The van der Waals surface area contributed by atoms with E-state index in [4.69, 9.17) is 4.74 Å². The molecule has 0 spiro atoms. The first kappa shape index (κ1) is 5.48. The van der Waals surface area contributed by atoms with Gasteiger partial charge < -0.3 is 4.74 Å². The fraction of sp³-hybridized carbons (Fsp3) is 0.750. The van der Waals surface area contributed by atoms with Gasteiger partial charge in [-0.1, -0.05) is 6.08 Å². The van der Waals surface area contributed by atoms with E-state index < -0.39 is 0 Å². The first-order chi connectivity index (χ1) is 4.42. The van der Waals surface area contributed by atoms with E-state index in [-0.39, 0.29) is 0 Å². The average Bonchev–Trinajstić information content (AvgIpc) is 1.90. The van der Waals surface area contributed by atoms with Crippen LogP contribution in [0.5, 0.6) is 0 Å². The van der Waals surface area contributed by atoms with Crippen molar-refractivity contribution in [2.75, 3.05) is 13.2 Å². The Kier molecular flexibility index (Phi) is 1.12. The van der Waals surface area contributed by atoms with E-state index in [1.165, 1.54) is 6.42 Å². The van der Waals surface area contributed by atoms with Crippen LogP contribution in [0.15, 0.2) is 12.7 Å². The molecule has 9 heavy (non-hydrogen) atoms. The summed E-state index contributed by atoms with van der Waals surface area (Å²) in [5, 5.41) is 0. The molecule has 50 valence electrons. The van der Waals surface area contributed by atoms with E-state index >= 15 is 0 Å². The molecule has 1 aliphatic carbocycles. The molecule has 1 nitrogen and oxygen atoms in total. The Morgan fingerprint density at radius 1 is 1.33 bits per heavy atom. The molecule has 0 N–H and O–H groups in total. The second-order valence-corrected chi connectivity index (χ2v) is 3.11. The van der Waals surface area contributed by atoms with Gasteiger partial charge in [0.15, 0.2) is 0 Å². The molecule has 2 heterocycles. The van der Waals surface area contributed by atoms with Gasteiger partial charge in [0.1, 0.15) is 0 Å². The molecule has 0 radical (unpaired) electrons. The zero-order valence-corrected chi connectivity index (χ0v) is 5.55. The predicted molar refractivity (Wildman–Crippen MR) is 36.1 cm³/mol. The molecule has 3 aliphatic rings. The van der Waals surface area contributed by atoms with Crippen molar-refractivity contribution >= 4 is 0 Å². The van der Waals surface area contributed by atoms with Crippen molar-refractivity contribution in [1.29, 1.82) is 0 Å². The van der Waals surface area contributed by atoms with Crippen molar-refractivity contribution in [3.63, 3.8) is 0 Å². The van der Waals surface area contributed by atoms with Gasteiger partial charge in [-0.3, -0.25) is 0 Å². The number of fused-ring (bicyclic) bond motifs is 2. The summed E-state index contributed by atoms with van der Waals surface area (Å²) in [7, 11) is 0. The first-order valence-corrected chi connectivity index (χ1v) is 3.62. The van der Waals surface area contributed by atoms with Crippen LogP contribution in [0.3, 0.4) is 0 Å². The molecule has 2 bridgehead atoms. The maximum Gasteiger partial charge on any atom is 0.0500 e. The molecule has 0 aromatic rings. The lowest BCUT2D eigenvalue weighted by atomic mass is 9.64. The summed E-state index contributed by atoms with van der Waals surface area (Å²) in [6, 6.07) is 0. The van der Waals surface area contributed by atoms with Crippen LogP contribution in [0.1, 0.15) is 6.42 Å². The number of rotatable bonds is 1. The van der Waals surface area contributed by atoms with Gasteiger partial charge in [-0.05, 0) is 24.2 Å². The standard InChI is InChI=1S/C8H12O/c1-2-8-6-3-7(8)5-9-4-6/h2,6-8H,1,3-5H2. The fourth-order valence-corrected chi connectivity index (χ4v) is 2.01. The zero-order valence-electron chi connectivity index (χ0n) is 5.55. The van der Waals surface area contributed by atoms with Crippen molar-refractivity contribution in [1.82, 2.24) is 0 Å². The molecule has 0 amide bonds. The van der Waals surface area contributed by atoms with Gasteiger partial charge >= 0.3 is 0 Å². The molecule has 1 saturated carbocycles. The van der Waals surface area contributed by atoms with Gasteiger partial charge in [0.05, 0.1) is 0 Å². The van der Waals surface area contributed by atoms with E-state index in [9.17, 15) is 0 Å². The van der Waals surface area contributed by atoms with E-state index in [1.54, 1.807) is 0 Å². The van der Waals surface area contributed by atoms with Gasteiger partial charge in [0, 0.05) is 13.2 Å². The van der Waals surface area contributed by atoms with Crippen LogP contribution < -0.4 is 0 Å². The second-order valence-electron chi connectivity index (χ2n) is 3.11. The third-order valence-corrected chi connectivity index (χ3v) is 2.63. The Labute approximate surface area is 55.7 Å². The predicted octanol–water partition coefficient (Wildman–Crippen LogP) is 1.45. The van der Waals surface area contributed by atoms with Crippen molar-refractivity contribution < 1.29 is 4.74 Å². The highest BCUT2D eigenvalue weighted by Crippen LogP contribution is 2.44. The quantitative estimate of drug-likeness (QED) is 0.481. The minimum absolute atomic E-state index is 0.791. The molecule has 2 unspecified atom stereocenters. The van der Waals surface area contributed by atoms with E-state index in [2.05, 4.69) is 12.7 Å². The van der Waals surface area contributed by atoms with Gasteiger partial charge in [0.2, 0.25) is 0 Å². The third-order valence-electron chi connectivity index (χ3n) is 2.63. The molecule has 1 heteroatoms. The van der Waals surface area contributed by atoms with Gasteiger partial charge in [-0.2, -0.15) is 0 Å². The molecule has 0 aromatic heterocycles. The smallest absolute Gasteiger partial charge is 0.0500 e. The average molecular weight is 124 g/mol. The Bertz CT molecular complexity index is 117. The maximum absolute atomic E-state index is 5.32. The molecule has 2 aliphatic heterocycles. The summed E-state index contributed by atoms with van der Waals surface area (Å²) >= 11 is 0. The Morgan fingerprint density at radius 3 is 2.33 bits per heavy atom. The molecule has 0 aromatic carbocycles. The number of allylic oxidation sites excluding steroid dienone is 1. The van der Waals surface area contributed by atoms with E-state index in [0.29, 0.717) is 0 Å². The Morgan fingerprint density at radius 2 is 2.00 bits per heavy atom. The second kappa shape index (κ2) is 1.84. The van der Waals surface area contributed by atoms with Crippen molar-refractivity contribution in [2.24, 2.45) is 17.8 Å². The van der Waals surface area contributed by atoms with E-state index in [1.807, 2.05) is 0 Å². The van der Waals surface area contributed by atoms with Gasteiger partial charge in [-0.25, -0.2) is 0 Å². The van der Waals surface area contributed by atoms with Crippen LogP contribution in [0.25, 0.3) is 0 Å². The van der Waals surface area contributed by atoms with E-state index in [0.717, 1.165) is 31.0 Å². The summed E-state index contributed by atoms with van der Waals surface area (Å²) < 4.78 is 5.32. The molecule has 3 fully saturated rings. The Hall–Kier alpha value is -0.300. The minimum atomic E-state index is 0.791. The van der Waals surface area contributed by atoms with Crippen LogP contribution in [-0.4, -0.2) is 13.2 Å². The monoisotopic (exact) mass is 124 g/mol.